The summed E-state index contributed by atoms with van der Waals surface area (Å²) in [6.07, 6.45) is 0.0908. The first-order valence-electron chi connectivity index (χ1n) is 11.5. The van der Waals surface area contributed by atoms with Gasteiger partial charge in [-0.05, 0) is 50.1 Å². The normalized spacial score (nSPS) is 13.0. The number of benzene rings is 3. The monoisotopic (exact) mass is 546 g/mol. The molecule has 0 heterocycles. The smallest absolute Gasteiger partial charge is 0.269 e. The molecule has 0 aliphatic rings. The van der Waals surface area contributed by atoms with Crippen molar-refractivity contribution in [2.45, 2.75) is 36.1 Å². The Hall–Kier alpha value is -3.16. The maximum Gasteiger partial charge on any atom is 0.269 e. The van der Waals surface area contributed by atoms with E-state index >= 15 is 0 Å². The molecular formula is C25H30N4O6S2. The molecule has 0 saturated carbocycles. The summed E-state index contributed by atoms with van der Waals surface area (Å²) < 4.78 is 57.0. The largest absolute Gasteiger partial charge is 0.329 e. The van der Waals surface area contributed by atoms with E-state index in [4.69, 9.17) is 5.73 Å². The predicted molar refractivity (Wildman–Crippen MR) is 141 cm³/mol. The standard InChI is InChI=1S/C25H30N4O6S2/c1-19-3-11-24(12-4-19)36(32,33)27-22(17-21-7-9-23(10-8-21)29(30)31)18-28(16-15-26)37(34,35)25-13-5-20(2)6-14-25/h3-14,22,27H,15-18,26H2,1-2H3. The number of nitrogens with zero attached hydrogens (tertiary/aromatic N) is 2. The van der Waals surface area contributed by atoms with Crippen LogP contribution < -0.4 is 10.5 Å². The van der Waals surface area contributed by atoms with Crippen molar-refractivity contribution in [2.24, 2.45) is 5.73 Å². The molecule has 0 aromatic heterocycles. The first-order valence-corrected chi connectivity index (χ1v) is 14.4. The molecule has 0 spiro atoms. The van der Waals surface area contributed by atoms with Crippen molar-refractivity contribution in [1.29, 1.82) is 0 Å². The van der Waals surface area contributed by atoms with Crippen molar-refractivity contribution in [1.82, 2.24) is 9.03 Å². The fraction of sp³-hybridized carbons (Fsp3) is 0.280. The Bertz CT molecular complexity index is 1420. The van der Waals surface area contributed by atoms with Gasteiger partial charge < -0.3 is 5.73 Å². The minimum atomic E-state index is -4.01. The van der Waals surface area contributed by atoms with E-state index in [9.17, 15) is 26.9 Å². The van der Waals surface area contributed by atoms with Crippen molar-refractivity contribution in [3.8, 4) is 0 Å². The highest BCUT2D eigenvalue weighted by molar-refractivity contribution is 7.89. The number of sulfonamides is 2. The summed E-state index contributed by atoms with van der Waals surface area (Å²) in [5.74, 6) is 0. The molecule has 1 unspecified atom stereocenters. The number of rotatable bonds is 12. The molecule has 198 valence electrons. The molecule has 0 amide bonds. The zero-order valence-corrected chi connectivity index (χ0v) is 22.2. The SMILES string of the molecule is Cc1ccc(S(=O)(=O)NC(Cc2ccc([N+](=O)[O-])cc2)CN(CCN)S(=O)(=O)c2ccc(C)cc2)cc1. The second-order valence-corrected chi connectivity index (χ2v) is 12.4. The van der Waals surface area contributed by atoms with E-state index in [-0.39, 0.29) is 41.5 Å². The second kappa shape index (κ2) is 11.9. The molecule has 37 heavy (non-hydrogen) atoms. The first-order chi connectivity index (χ1) is 17.4. The number of nitro groups is 1. The summed E-state index contributed by atoms with van der Waals surface area (Å²) in [6, 6.07) is 17.4. The zero-order chi connectivity index (χ0) is 27.2. The van der Waals surface area contributed by atoms with Crippen LogP contribution in [0.2, 0.25) is 0 Å². The summed E-state index contributed by atoms with van der Waals surface area (Å²) >= 11 is 0. The second-order valence-electron chi connectivity index (χ2n) is 8.72. The molecule has 0 fully saturated rings. The van der Waals surface area contributed by atoms with E-state index in [0.29, 0.717) is 5.56 Å². The number of nitrogens with two attached hydrogens (primary N) is 1. The van der Waals surface area contributed by atoms with E-state index in [1.54, 1.807) is 24.3 Å². The van der Waals surface area contributed by atoms with Gasteiger partial charge in [0, 0.05) is 37.8 Å². The van der Waals surface area contributed by atoms with Gasteiger partial charge in [-0.2, -0.15) is 4.31 Å². The maximum atomic E-state index is 13.4. The zero-order valence-electron chi connectivity index (χ0n) is 20.6. The maximum absolute atomic E-state index is 13.4. The summed E-state index contributed by atoms with van der Waals surface area (Å²) in [5.41, 5.74) is 8.00. The molecule has 3 aromatic carbocycles. The highest BCUT2D eigenvalue weighted by atomic mass is 32.2. The van der Waals surface area contributed by atoms with E-state index in [1.807, 2.05) is 13.8 Å². The Morgan fingerprint density at radius 1 is 0.865 bits per heavy atom. The van der Waals surface area contributed by atoms with Crippen molar-refractivity contribution in [3.63, 3.8) is 0 Å². The van der Waals surface area contributed by atoms with Crippen LogP contribution in [0.5, 0.6) is 0 Å². The number of hydrogen-bond acceptors (Lipinski definition) is 7. The molecule has 3 N–H and O–H groups in total. The quantitative estimate of drug-likeness (QED) is 0.262. The van der Waals surface area contributed by atoms with Gasteiger partial charge in [-0.3, -0.25) is 10.1 Å². The Balaban J connectivity index is 1.96. The van der Waals surface area contributed by atoms with E-state index < -0.39 is 31.0 Å². The van der Waals surface area contributed by atoms with Crippen molar-refractivity contribution < 1.29 is 21.8 Å². The molecular weight excluding hydrogens is 516 g/mol. The average Bonchev–Trinajstić information content (AvgIpc) is 2.84. The molecule has 0 aliphatic heterocycles. The van der Waals surface area contributed by atoms with Crippen LogP contribution in [0.25, 0.3) is 0 Å². The van der Waals surface area contributed by atoms with Gasteiger partial charge in [-0.25, -0.2) is 21.6 Å². The summed E-state index contributed by atoms with van der Waals surface area (Å²) in [4.78, 5) is 10.6. The summed E-state index contributed by atoms with van der Waals surface area (Å²) in [6.45, 7) is 3.48. The number of nitro benzene ring substituents is 1. The van der Waals surface area contributed by atoms with Crippen LogP contribution in [0.4, 0.5) is 5.69 Å². The molecule has 3 rings (SSSR count). The molecule has 1 atom stereocenters. The average molecular weight is 547 g/mol. The van der Waals surface area contributed by atoms with Crippen molar-refractivity contribution in [3.05, 3.63) is 99.6 Å². The van der Waals surface area contributed by atoms with Gasteiger partial charge in [0.2, 0.25) is 20.0 Å². The third-order valence-electron chi connectivity index (χ3n) is 5.74. The molecule has 3 aromatic rings. The lowest BCUT2D eigenvalue weighted by Gasteiger charge is -2.27. The minimum Gasteiger partial charge on any atom is -0.329 e. The Morgan fingerprint density at radius 3 is 1.86 bits per heavy atom. The Labute approximate surface area is 217 Å². The number of hydrogen-bond donors (Lipinski definition) is 2. The van der Waals surface area contributed by atoms with Crippen LogP contribution >= 0.6 is 0 Å². The molecule has 0 bridgehead atoms. The lowest BCUT2D eigenvalue weighted by Crippen LogP contribution is -2.48. The number of nitrogens with one attached hydrogen (secondary N) is 1. The van der Waals surface area contributed by atoms with Crippen LogP contribution in [-0.4, -0.2) is 51.7 Å². The van der Waals surface area contributed by atoms with Crippen LogP contribution in [0.15, 0.2) is 82.6 Å². The van der Waals surface area contributed by atoms with Gasteiger partial charge in [-0.1, -0.05) is 47.5 Å². The Kier molecular flexibility index (Phi) is 9.16. The third-order valence-corrected chi connectivity index (χ3v) is 9.16. The molecule has 0 saturated heterocycles. The van der Waals surface area contributed by atoms with Crippen LogP contribution in [0, 0.1) is 24.0 Å². The Morgan fingerprint density at radius 2 is 1.38 bits per heavy atom. The fourth-order valence-corrected chi connectivity index (χ4v) is 6.47. The van der Waals surface area contributed by atoms with Crippen LogP contribution in [0.1, 0.15) is 16.7 Å². The van der Waals surface area contributed by atoms with Gasteiger partial charge >= 0.3 is 0 Å². The van der Waals surface area contributed by atoms with Gasteiger partial charge in [0.25, 0.3) is 5.69 Å². The fourth-order valence-electron chi connectivity index (χ4n) is 3.75. The highest BCUT2D eigenvalue weighted by Gasteiger charge is 2.29. The van der Waals surface area contributed by atoms with Crippen molar-refractivity contribution in [2.75, 3.05) is 19.6 Å². The molecule has 10 nitrogen and oxygen atoms in total. The molecule has 0 radical (unpaired) electrons. The van der Waals surface area contributed by atoms with Crippen LogP contribution in [0.3, 0.4) is 0 Å². The number of non-ortho nitro benzene ring substituents is 1. The third kappa shape index (κ3) is 7.43. The number of aryl methyl sites for hydroxylation is 2. The topological polar surface area (TPSA) is 153 Å². The van der Waals surface area contributed by atoms with Gasteiger partial charge in [0.1, 0.15) is 0 Å². The lowest BCUT2D eigenvalue weighted by atomic mass is 10.1. The van der Waals surface area contributed by atoms with Gasteiger partial charge in [0.15, 0.2) is 0 Å². The highest BCUT2D eigenvalue weighted by Crippen LogP contribution is 2.20. The predicted octanol–water partition coefficient (Wildman–Crippen LogP) is 2.75. The van der Waals surface area contributed by atoms with Gasteiger partial charge in [0.05, 0.1) is 14.7 Å². The van der Waals surface area contributed by atoms with Crippen LogP contribution in [-0.2, 0) is 26.5 Å². The summed E-state index contributed by atoms with van der Waals surface area (Å²) in [7, 11) is -7.99. The molecule has 0 aliphatic carbocycles. The van der Waals surface area contributed by atoms with E-state index in [2.05, 4.69) is 4.72 Å². The van der Waals surface area contributed by atoms with E-state index in [1.165, 1.54) is 48.5 Å². The molecule has 12 heteroatoms. The van der Waals surface area contributed by atoms with Crippen molar-refractivity contribution >= 4 is 25.7 Å². The minimum absolute atomic E-state index is 0.0278. The van der Waals surface area contributed by atoms with Gasteiger partial charge in [-0.15, -0.1) is 0 Å². The summed E-state index contributed by atoms with van der Waals surface area (Å²) in [5, 5.41) is 11.0. The van der Waals surface area contributed by atoms with E-state index in [0.717, 1.165) is 15.4 Å². The first kappa shape index (κ1) is 28.4. The lowest BCUT2D eigenvalue weighted by molar-refractivity contribution is -0.384.